The second-order valence-electron chi connectivity index (χ2n) is 2.82. The molecule has 0 amide bonds. The Kier molecular flexibility index (Phi) is 3.01. The van der Waals surface area contributed by atoms with E-state index in [0.29, 0.717) is 12.6 Å². The molecule has 2 heteroatoms. The van der Waals surface area contributed by atoms with Gasteiger partial charge in [0, 0.05) is 6.42 Å². The Morgan fingerprint density at radius 3 is 3.00 bits per heavy atom. The predicted octanol–water partition coefficient (Wildman–Crippen LogP) is -0.515. The lowest BCUT2D eigenvalue weighted by molar-refractivity contribution is -0.689. The first-order valence-corrected chi connectivity index (χ1v) is 3.87. The SMILES string of the molecule is OC[C@H]1CCCCC[NH2+]1. The highest BCUT2D eigenvalue weighted by Crippen LogP contribution is 2.02. The summed E-state index contributed by atoms with van der Waals surface area (Å²) in [5.74, 6) is 0. The van der Waals surface area contributed by atoms with Gasteiger partial charge in [0.2, 0.25) is 0 Å². The Labute approximate surface area is 56.3 Å². The summed E-state index contributed by atoms with van der Waals surface area (Å²) in [5, 5.41) is 11.1. The zero-order valence-corrected chi connectivity index (χ0v) is 5.84. The molecule has 0 spiro atoms. The molecule has 1 atom stereocenters. The summed E-state index contributed by atoms with van der Waals surface area (Å²) in [6.45, 7) is 1.57. The van der Waals surface area contributed by atoms with Crippen LogP contribution in [0.4, 0.5) is 0 Å². The summed E-state index contributed by atoms with van der Waals surface area (Å²) in [5.41, 5.74) is 0. The number of rotatable bonds is 1. The number of aliphatic hydroxyl groups is 1. The van der Waals surface area contributed by atoms with Gasteiger partial charge in [-0.2, -0.15) is 0 Å². The highest BCUT2D eigenvalue weighted by Gasteiger charge is 2.12. The van der Waals surface area contributed by atoms with Gasteiger partial charge in [0.1, 0.15) is 6.04 Å². The van der Waals surface area contributed by atoms with Crippen molar-refractivity contribution >= 4 is 0 Å². The van der Waals surface area contributed by atoms with E-state index in [1.807, 2.05) is 0 Å². The molecule has 9 heavy (non-hydrogen) atoms. The monoisotopic (exact) mass is 130 g/mol. The molecule has 0 saturated carbocycles. The average Bonchev–Trinajstić information content (AvgIpc) is 2.13. The quantitative estimate of drug-likeness (QED) is 0.492. The van der Waals surface area contributed by atoms with E-state index in [9.17, 15) is 0 Å². The standard InChI is InChI=1S/C7H15NO/c9-6-7-4-2-1-3-5-8-7/h7-9H,1-6H2/p+1/t7-/m1/s1. The molecule has 1 fully saturated rings. The summed E-state index contributed by atoms with van der Waals surface area (Å²) in [6, 6.07) is 0.507. The van der Waals surface area contributed by atoms with Crippen LogP contribution in [0, 0.1) is 0 Å². The fourth-order valence-electron chi connectivity index (χ4n) is 1.36. The third-order valence-corrected chi connectivity index (χ3v) is 2.01. The molecule has 0 aromatic heterocycles. The van der Waals surface area contributed by atoms with Crippen molar-refractivity contribution in [1.29, 1.82) is 0 Å². The topological polar surface area (TPSA) is 36.8 Å². The van der Waals surface area contributed by atoms with E-state index in [1.54, 1.807) is 0 Å². The van der Waals surface area contributed by atoms with Crippen molar-refractivity contribution in [1.82, 2.24) is 0 Å². The van der Waals surface area contributed by atoms with Gasteiger partial charge in [0.15, 0.2) is 0 Å². The second-order valence-corrected chi connectivity index (χ2v) is 2.82. The molecule has 2 nitrogen and oxygen atoms in total. The van der Waals surface area contributed by atoms with Crippen LogP contribution in [0.2, 0.25) is 0 Å². The largest absolute Gasteiger partial charge is 0.390 e. The molecule has 0 aliphatic carbocycles. The maximum Gasteiger partial charge on any atom is 0.109 e. The Bertz CT molecular complexity index is 67.3. The van der Waals surface area contributed by atoms with Gasteiger partial charge in [-0.1, -0.05) is 0 Å². The van der Waals surface area contributed by atoms with Crippen molar-refractivity contribution < 1.29 is 10.4 Å². The zero-order chi connectivity index (χ0) is 6.53. The minimum Gasteiger partial charge on any atom is -0.390 e. The molecular weight excluding hydrogens is 114 g/mol. The molecule has 3 N–H and O–H groups in total. The maximum absolute atomic E-state index is 8.78. The molecule has 1 aliphatic rings. The van der Waals surface area contributed by atoms with Crippen LogP contribution in [0.5, 0.6) is 0 Å². The summed E-state index contributed by atoms with van der Waals surface area (Å²) in [7, 11) is 0. The lowest BCUT2D eigenvalue weighted by Gasteiger charge is -2.06. The Morgan fingerprint density at radius 1 is 1.33 bits per heavy atom. The highest BCUT2D eigenvalue weighted by atomic mass is 16.3. The van der Waals surface area contributed by atoms with Crippen LogP contribution in [0.1, 0.15) is 25.7 Å². The van der Waals surface area contributed by atoms with Gasteiger partial charge < -0.3 is 10.4 Å². The van der Waals surface area contributed by atoms with E-state index in [1.165, 1.54) is 32.2 Å². The Morgan fingerprint density at radius 2 is 2.22 bits per heavy atom. The maximum atomic E-state index is 8.78. The second kappa shape index (κ2) is 3.85. The van der Waals surface area contributed by atoms with Crippen LogP contribution in [0.3, 0.4) is 0 Å². The number of aliphatic hydroxyl groups excluding tert-OH is 1. The van der Waals surface area contributed by atoms with Crippen molar-refractivity contribution in [3.05, 3.63) is 0 Å². The van der Waals surface area contributed by atoms with E-state index >= 15 is 0 Å². The molecule has 0 unspecified atom stereocenters. The molecule has 1 saturated heterocycles. The fourth-order valence-corrected chi connectivity index (χ4v) is 1.36. The van der Waals surface area contributed by atoms with Gasteiger partial charge in [-0.05, 0) is 19.3 Å². The summed E-state index contributed by atoms with van der Waals surface area (Å²) >= 11 is 0. The molecule has 54 valence electrons. The smallest absolute Gasteiger partial charge is 0.109 e. The Balaban J connectivity index is 2.18. The van der Waals surface area contributed by atoms with Crippen LogP contribution in [-0.4, -0.2) is 24.3 Å². The number of nitrogens with two attached hydrogens (primary N) is 1. The Hall–Kier alpha value is -0.0800. The summed E-state index contributed by atoms with van der Waals surface area (Å²) in [4.78, 5) is 0. The van der Waals surface area contributed by atoms with E-state index in [-0.39, 0.29) is 0 Å². The highest BCUT2D eigenvalue weighted by molar-refractivity contribution is 4.55. The van der Waals surface area contributed by atoms with Crippen molar-refractivity contribution in [2.45, 2.75) is 31.7 Å². The van der Waals surface area contributed by atoms with Gasteiger partial charge in [-0.25, -0.2) is 0 Å². The molecule has 0 bridgehead atoms. The molecule has 0 aromatic carbocycles. The summed E-state index contributed by atoms with van der Waals surface area (Å²) in [6.07, 6.45) is 5.20. The van der Waals surface area contributed by atoms with Crippen LogP contribution in [0.15, 0.2) is 0 Å². The van der Waals surface area contributed by atoms with E-state index in [0.717, 1.165) is 0 Å². The molecule has 1 heterocycles. The predicted molar refractivity (Wildman–Crippen MR) is 36.1 cm³/mol. The van der Waals surface area contributed by atoms with Gasteiger partial charge >= 0.3 is 0 Å². The van der Waals surface area contributed by atoms with E-state index in [2.05, 4.69) is 5.32 Å². The van der Waals surface area contributed by atoms with Gasteiger partial charge in [0.25, 0.3) is 0 Å². The lowest BCUT2D eigenvalue weighted by Crippen LogP contribution is -2.90. The van der Waals surface area contributed by atoms with Crippen LogP contribution in [-0.2, 0) is 0 Å². The fraction of sp³-hybridized carbons (Fsp3) is 1.00. The van der Waals surface area contributed by atoms with Crippen molar-refractivity contribution in [3.63, 3.8) is 0 Å². The normalized spacial score (nSPS) is 29.7. The molecule has 0 radical (unpaired) electrons. The first kappa shape index (κ1) is 7.03. The van der Waals surface area contributed by atoms with Crippen molar-refractivity contribution in [2.75, 3.05) is 13.2 Å². The van der Waals surface area contributed by atoms with Gasteiger partial charge in [0.05, 0.1) is 13.2 Å². The zero-order valence-electron chi connectivity index (χ0n) is 5.84. The van der Waals surface area contributed by atoms with Crippen LogP contribution < -0.4 is 5.32 Å². The minimum absolute atomic E-state index is 0.361. The number of hydrogen-bond acceptors (Lipinski definition) is 1. The third kappa shape index (κ3) is 2.33. The van der Waals surface area contributed by atoms with Crippen molar-refractivity contribution in [2.24, 2.45) is 0 Å². The molecule has 1 aliphatic heterocycles. The lowest BCUT2D eigenvalue weighted by atomic mass is 10.1. The summed E-state index contributed by atoms with van der Waals surface area (Å²) < 4.78 is 0. The van der Waals surface area contributed by atoms with Crippen molar-refractivity contribution in [3.8, 4) is 0 Å². The van der Waals surface area contributed by atoms with E-state index < -0.39 is 0 Å². The molecule has 0 aromatic rings. The van der Waals surface area contributed by atoms with Gasteiger partial charge in [-0.15, -0.1) is 0 Å². The molecular formula is C7H16NO+. The van der Waals surface area contributed by atoms with Crippen LogP contribution >= 0.6 is 0 Å². The first-order valence-electron chi connectivity index (χ1n) is 3.87. The molecule has 1 rings (SSSR count). The number of quaternary nitrogens is 1. The minimum atomic E-state index is 0.361. The first-order chi connectivity index (χ1) is 4.43. The van der Waals surface area contributed by atoms with E-state index in [4.69, 9.17) is 5.11 Å². The van der Waals surface area contributed by atoms with Crippen LogP contribution in [0.25, 0.3) is 0 Å². The average molecular weight is 130 g/mol. The van der Waals surface area contributed by atoms with Gasteiger partial charge in [-0.3, -0.25) is 0 Å². The number of hydrogen-bond donors (Lipinski definition) is 2. The third-order valence-electron chi connectivity index (χ3n) is 2.01.